The van der Waals surface area contributed by atoms with E-state index in [1.165, 1.54) is 4.90 Å². The van der Waals surface area contributed by atoms with Gasteiger partial charge in [-0.25, -0.2) is 8.42 Å². The third kappa shape index (κ3) is 7.95. The number of nitrogens with zero attached hydrogens (tertiary/aromatic N) is 2. The van der Waals surface area contributed by atoms with Crippen molar-refractivity contribution in [3.05, 3.63) is 93.0 Å². The predicted molar refractivity (Wildman–Crippen MR) is 178 cm³/mol. The molecular weight excluding hydrogens is 617 g/mol. The summed E-state index contributed by atoms with van der Waals surface area (Å²) in [6.07, 6.45) is 5.33. The fourth-order valence-electron chi connectivity index (χ4n) is 5.75. The lowest BCUT2D eigenvalue weighted by Gasteiger charge is -2.35. The van der Waals surface area contributed by atoms with Gasteiger partial charge in [0.15, 0.2) is 0 Å². The summed E-state index contributed by atoms with van der Waals surface area (Å²) in [5.74, 6) is -0.808. The summed E-state index contributed by atoms with van der Waals surface area (Å²) in [4.78, 5) is 29.6. The van der Waals surface area contributed by atoms with E-state index < -0.39 is 28.5 Å². The zero-order chi connectivity index (χ0) is 32.0. The zero-order valence-corrected chi connectivity index (χ0v) is 28.1. The monoisotopic (exact) mass is 657 g/mol. The Bertz CT molecular complexity index is 1570. The van der Waals surface area contributed by atoms with Crippen molar-refractivity contribution in [2.75, 3.05) is 10.8 Å². The molecule has 0 radical (unpaired) electrons. The molecule has 4 rings (SSSR count). The van der Waals surface area contributed by atoms with Crippen LogP contribution >= 0.6 is 23.2 Å². The molecule has 0 spiro atoms. The molecule has 0 aromatic heterocycles. The molecule has 1 saturated carbocycles. The van der Waals surface area contributed by atoms with Crippen LogP contribution in [-0.2, 0) is 26.2 Å². The molecule has 0 saturated heterocycles. The van der Waals surface area contributed by atoms with Crippen LogP contribution in [0.15, 0.2) is 65.6 Å². The Morgan fingerprint density at radius 2 is 1.52 bits per heavy atom. The van der Waals surface area contributed by atoms with E-state index in [9.17, 15) is 18.0 Å². The van der Waals surface area contributed by atoms with Gasteiger partial charge in [-0.15, -0.1) is 0 Å². The lowest BCUT2D eigenvalue weighted by atomic mass is 9.95. The third-order valence-corrected chi connectivity index (χ3v) is 10.7. The number of nitrogens with one attached hydrogen (secondary N) is 1. The average Bonchev–Trinajstić information content (AvgIpc) is 2.98. The van der Waals surface area contributed by atoms with Gasteiger partial charge < -0.3 is 10.2 Å². The van der Waals surface area contributed by atoms with Gasteiger partial charge in [0.2, 0.25) is 11.8 Å². The molecule has 1 fully saturated rings. The van der Waals surface area contributed by atoms with Crippen LogP contribution in [0.1, 0.15) is 67.7 Å². The van der Waals surface area contributed by atoms with Crippen LogP contribution in [0, 0.1) is 20.8 Å². The minimum Gasteiger partial charge on any atom is -0.352 e. The first-order valence-corrected chi connectivity index (χ1v) is 17.3. The molecule has 0 aliphatic heterocycles. The molecule has 0 heterocycles. The van der Waals surface area contributed by atoms with Crippen molar-refractivity contribution < 1.29 is 18.0 Å². The number of halogens is 2. The van der Waals surface area contributed by atoms with Gasteiger partial charge in [0.25, 0.3) is 10.0 Å². The van der Waals surface area contributed by atoms with Crippen LogP contribution in [0.4, 0.5) is 5.69 Å². The van der Waals surface area contributed by atoms with E-state index in [0.717, 1.165) is 47.5 Å². The van der Waals surface area contributed by atoms with Crippen molar-refractivity contribution in [3.8, 4) is 0 Å². The van der Waals surface area contributed by atoms with Crippen molar-refractivity contribution in [2.24, 2.45) is 0 Å². The Morgan fingerprint density at radius 3 is 2.11 bits per heavy atom. The summed E-state index contributed by atoms with van der Waals surface area (Å²) in [6.45, 7) is 6.88. The number of hydrogen-bond acceptors (Lipinski definition) is 4. The van der Waals surface area contributed by atoms with Gasteiger partial charge in [0.1, 0.15) is 12.6 Å². The maximum atomic E-state index is 14.4. The maximum absolute atomic E-state index is 14.4. The standard InChI is InChI=1S/C34H41Cl2N3O4S/c1-5-31(34(41)37-26-10-7-6-8-11-26)38(21-28-29(35)12-9-13-30(28)36)33(40)22-39(32-19-16-24(3)20-25(32)4)44(42,43)27-17-14-23(2)15-18-27/h9,12-20,26,31H,5-8,10-11,21-22H2,1-4H3,(H,37,41)/t31-/m0/s1. The smallest absolute Gasteiger partial charge is 0.264 e. The van der Waals surface area contributed by atoms with Crippen molar-refractivity contribution in [1.29, 1.82) is 0 Å². The first-order chi connectivity index (χ1) is 20.9. The number of benzene rings is 3. The van der Waals surface area contributed by atoms with Crippen molar-refractivity contribution in [3.63, 3.8) is 0 Å². The largest absolute Gasteiger partial charge is 0.352 e. The molecule has 3 aromatic carbocycles. The molecule has 0 bridgehead atoms. The Labute approximate surface area is 271 Å². The van der Waals surface area contributed by atoms with E-state index in [-0.39, 0.29) is 23.4 Å². The molecule has 10 heteroatoms. The molecule has 1 aliphatic carbocycles. The molecule has 0 unspecified atom stereocenters. The minimum absolute atomic E-state index is 0.0415. The number of anilines is 1. The lowest BCUT2D eigenvalue weighted by molar-refractivity contribution is -0.140. The van der Waals surface area contributed by atoms with Crippen LogP contribution in [0.25, 0.3) is 0 Å². The van der Waals surface area contributed by atoms with Gasteiger partial charge in [-0.2, -0.15) is 0 Å². The highest BCUT2D eigenvalue weighted by atomic mass is 35.5. The van der Waals surface area contributed by atoms with Crippen LogP contribution in [0.2, 0.25) is 10.0 Å². The second-order valence-corrected chi connectivity index (χ2v) is 14.3. The minimum atomic E-state index is -4.17. The first kappa shape index (κ1) is 33.8. The van der Waals surface area contributed by atoms with E-state index >= 15 is 0 Å². The van der Waals surface area contributed by atoms with E-state index in [1.807, 2.05) is 39.8 Å². The molecule has 7 nitrogen and oxygen atoms in total. The number of rotatable bonds is 11. The zero-order valence-electron chi connectivity index (χ0n) is 25.8. The van der Waals surface area contributed by atoms with Gasteiger partial charge >= 0.3 is 0 Å². The number of aryl methyl sites for hydroxylation is 3. The first-order valence-electron chi connectivity index (χ1n) is 15.1. The van der Waals surface area contributed by atoms with Gasteiger partial charge in [-0.05, 0) is 75.9 Å². The number of sulfonamides is 1. The van der Waals surface area contributed by atoms with Gasteiger partial charge in [0, 0.05) is 28.2 Å². The van der Waals surface area contributed by atoms with Gasteiger partial charge in [-0.3, -0.25) is 13.9 Å². The summed E-state index contributed by atoms with van der Waals surface area (Å²) in [6, 6.07) is 16.2. The topological polar surface area (TPSA) is 86.8 Å². The molecule has 1 aliphatic rings. The van der Waals surface area contributed by atoms with Crippen LogP contribution in [-0.4, -0.2) is 43.8 Å². The molecule has 1 atom stereocenters. The summed E-state index contributed by atoms with van der Waals surface area (Å²) in [5.41, 5.74) is 3.46. The molecule has 1 N–H and O–H groups in total. The highest BCUT2D eigenvalue weighted by molar-refractivity contribution is 7.92. The predicted octanol–water partition coefficient (Wildman–Crippen LogP) is 7.37. The van der Waals surface area contributed by atoms with Crippen LogP contribution < -0.4 is 9.62 Å². The number of carbonyl (C=O) groups excluding carboxylic acids is 2. The lowest BCUT2D eigenvalue weighted by Crippen LogP contribution is -2.54. The fraction of sp³-hybridized carbons (Fsp3) is 0.412. The van der Waals surface area contributed by atoms with E-state index in [4.69, 9.17) is 23.2 Å². The maximum Gasteiger partial charge on any atom is 0.264 e. The molecule has 236 valence electrons. The molecule has 3 aromatic rings. The second kappa shape index (κ2) is 14.8. The normalized spacial score (nSPS) is 14.6. The Kier molecular flexibility index (Phi) is 11.4. The van der Waals surface area contributed by atoms with E-state index in [0.29, 0.717) is 33.3 Å². The quantitative estimate of drug-likeness (QED) is 0.233. The Balaban J connectivity index is 1.76. The molecule has 2 amide bonds. The van der Waals surface area contributed by atoms with Crippen molar-refractivity contribution in [1.82, 2.24) is 10.2 Å². The highest BCUT2D eigenvalue weighted by Crippen LogP contribution is 2.30. The Morgan fingerprint density at radius 1 is 0.909 bits per heavy atom. The summed E-state index contributed by atoms with van der Waals surface area (Å²) < 4.78 is 29.5. The average molecular weight is 659 g/mol. The third-order valence-electron chi connectivity index (χ3n) is 8.24. The van der Waals surface area contributed by atoms with Gasteiger partial charge in [0.05, 0.1) is 10.6 Å². The van der Waals surface area contributed by atoms with E-state index in [2.05, 4.69) is 5.32 Å². The summed E-state index contributed by atoms with van der Waals surface area (Å²) in [5, 5.41) is 3.87. The van der Waals surface area contributed by atoms with E-state index in [1.54, 1.807) is 48.5 Å². The van der Waals surface area contributed by atoms with Crippen LogP contribution in [0.5, 0.6) is 0 Å². The van der Waals surface area contributed by atoms with Crippen molar-refractivity contribution in [2.45, 2.75) is 89.7 Å². The number of carbonyl (C=O) groups is 2. The highest BCUT2D eigenvalue weighted by Gasteiger charge is 2.35. The Hall–Kier alpha value is -3.07. The second-order valence-electron chi connectivity index (χ2n) is 11.6. The van der Waals surface area contributed by atoms with Crippen LogP contribution in [0.3, 0.4) is 0 Å². The summed E-state index contributed by atoms with van der Waals surface area (Å²) >= 11 is 13.1. The fourth-order valence-corrected chi connectivity index (χ4v) is 7.75. The van der Waals surface area contributed by atoms with Gasteiger partial charge in [-0.1, -0.05) is 90.8 Å². The SMILES string of the molecule is CC[C@@H](C(=O)NC1CCCCC1)N(Cc1c(Cl)cccc1Cl)C(=O)CN(c1ccc(C)cc1C)S(=O)(=O)c1ccc(C)cc1. The van der Waals surface area contributed by atoms with Crippen molar-refractivity contribution >= 4 is 50.7 Å². The number of amides is 2. The molecule has 44 heavy (non-hydrogen) atoms. The molecular formula is C34H41Cl2N3O4S. The summed E-state index contributed by atoms with van der Waals surface area (Å²) in [7, 11) is -4.17. The number of hydrogen-bond donors (Lipinski definition) is 1.